The van der Waals surface area contributed by atoms with Crippen molar-refractivity contribution in [3.63, 3.8) is 0 Å². The van der Waals surface area contributed by atoms with Gasteiger partial charge in [0.05, 0.1) is 36.6 Å². The monoisotopic (exact) mass is 392 g/mol. The molecular formula is C20H27ClN3OS+. The zero-order chi connectivity index (χ0) is 18.5. The van der Waals surface area contributed by atoms with Gasteiger partial charge in [0.1, 0.15) is 0 Å². The molecule has 26 heavy (non-hydrogen) atoms. The first-order chi connectivity index (χ1) is 12.5. The summed E-state index contributed by atoms with van der Waals surface area (Å²) in [5, 5.41) is 7.90. The van der Waals surface area contributed by atoms with E-state index in [1.165, 1.54) is 32.4 Å². The number of nitrogens with one attached hydrogen (secondary N) is 3. The lowest BCUT2D eigenvalue weighted by atomic mass is 10.1. The number of aryl methyl sites for hydroxylation is 2. The quantitative estimate of drug-likeness (QED) is 0.679. The van der Waals surface area contributed by atoms with Crippen LogP contribution in [0.3, 0.4) is 0 Å². The fraction of sp³-hybridized carbons (Fsp3) is 0.450. The van der Waals surface area contributed by atoms with Crippen molar-refractivity contribution in [2.45, 2.75) is 39.2 Å². The molecule has 1 aliphatic rings. The van der Waals surface area contributed by atoms with Crippen molar-refractivity contribution in [1.82, 2.24) is 5.32 Å². The summed E-state index contributed by atoms with van der Waals surface area (Å²) in [4.78, 5) is 1.56. The van der Waals surface area contributed by atoms with Crippen LogP contribution in [-0.2, 0) is 0 Å². The van der Waals surface area contributed by atoms with Crippen molar-refractivity contribution in [3.05, 3.63) is 52.4 Å². The third-order valence-electron chi connectivity index (χ3n) is 5.01. The Morgan fingerprint density at radius 3 is 2.69 bits per heavy atom. The Balaban J connectivity index is 1.64. The largest absolute Gasteiger partial charge is 0.463 e. The average molecular weight is 393 g/mol. The summed E-state index contributed by atoms with van der Waals surface area (Å²) in [5.74, 6) is 1.02. The number of quaternary nitrogens is 1. The molecule has 3 N–H and O–H groups in total. The third kappa shape index (κ3) is 4.78. The fourth-order valence-corrected chi connectivity index (χ4v) is 4.27. The van der Waals surface area contributed by atoms with Crippen LogP contribution in [0.5, 0.6) is 0 Å². The van der Waals surface area contributed by atoms with Gasteiger partial charge >= 0.3 is 0 Å². The summed E-state index contributed by atoms with van der Waals surface area (Å²) in [7, 11) is 0. The van der Waals surface area contributed by atoms with Crippen molar-refractivity contribution in [2.75, 3.05) is 25.0 Å². The van der Waals surface area contributed by atoms with E-state index in [0.717, 1.165) is 29.1 Å². The molecule has 2 aromatic rings. The van der Waals surface area contributed by atoms with Crippen LogP contribution >= 0.6 is 23.8 Å². The highest BCUT2D eigenvalue weighted by Gasteiger charge is 2.28. The summed E-state index contributed by atoms with van der Waals surface area (Å²) >= 11 is 11.9. The van der Waals surface area contributed by atoms with Gasteiger partial charge in [-0.15, -0.1) is 0 Å². The number of halogens is 1. The topological polar surface area (TPSA) is 41.6 Å². The molecule has 6 heteroatoms. The molecule has 1 saturated heterocycles. The smallest absolute Gasteiger partial charge is 0.171 e. The van der Waals surface area contributed by atoms with Crippen LogP contribution in [0.2, 0.25) is 5.02 Å². The van der Waals surface area contributed by atoms with Gasteiger partial charge in [-0.3, -0.25) is 0 Å². The van der Waals surface area contributed by atoms with E-state index in [9.17, 15) is 0 Å². The highest BCUT2D eigenvalue weighted by atomic mass is 35.5. The van der Waals surface area contributed by atoms with Gasteiger partial charge < -0.3 is 20.0 Å². The van der Waals surface area contributed by atoms with Gasteiger partial charge in [0.25, 0.3) is 0 Å². The first-order valence-corrected chi connectivity index (χ1v) is 10.0. The Bertz CT molecular complexity index is 719. The van der Waals surface area contributed by atoms with Crippen LogP contribution in [0.25, 0.3) is 0 Å². The van der Waals surface area contributed by atoms with Gasteiger partial charge in [0, 0.05) is 0 Å². The molecule has 1 fully saturated rings. The molecule has 3 rings (SSSR count). The lowest BCUT2D eigenvalue weighted by Crippen LogP contribution is -3.13. The van der Waals surface area contributed by atoms with Gasteiger partial charge in [-0.1, -0.05) is 17.7 Å². The van der Waals surface area contributed by atoms with Crippen LogP contribution in [0.15, 0.2) is 34.9 Å². The Morgan fingerprint density at radius 2 is 2.04 bits per heavy atom. The van der Waals surface area contributed by atoms with E-state index < -0.39 is 0 Å². The molecule has 0 aliphatic carbocycles. The third-order valence-corrected chi connectivity index (χ3v) is 5.56. The van der Waals surface area contributed by atoms with E-state index in [1.807, 2.05) is 26.0 Å². The van der Waals surface area contributed by atoms with Crippen LogP contribution in [-0.4, -0.2) is 24.7 Å². The first-order valence-electron chi connectivity index (χ1n) is 9.24. The number of likely N-dealkylation sites (tertiary alicyclic amines) is 1. The van der Waals surface area contributed by atoms with E-state index >= 15 is 0 Å². The van der Waals surface area contributed by atoms with Crippen LogP contribution in [0.4, 0.5) is 5.69 Å². The van der Waals surface area contributed by atoms with Crippen molar-refractivity contribution in [1.29, 1.82) is 0 Å². The van der Waals surface area contributed by atoms with Gasteiger partial charge in [-0.2, -0.15) is 0 Å². The molecular weight excluding hydrogens is 366 g/mol. The molecule has 0 spiro atoms. The molecule has 1 atom stereocenters. The van der Waals surface area contributed by atoms with E-state index in [1.54, 1.807) is 11.2 Å². The van der Waals surface area contributed by atoms with E-state index in [4.69, 9.17) is 28.2 Å². The lowest BCUT2D eigenvalue weighted by Gasteiger charge is -2.30. The maximum absolute atomic E-state index is 6.38. The minimum absolute atomic E-state index is 0.264. The summed E-state index contributed by atoms with van der Waals surface area (Å²) in [6.45, 7) is 7.16. The molecule has 1 aliphatic heterocycles. The van der Waals surface area contributed by atoms with Crippen LogP contribution in [0.1, 0.15) is 42.2 Å². The molecule has 4 nitrogen and oxygen atoms in total. The molecule has 140 valence electrons. The summed E-state index contributed by atoms with van der Waals surface area (Å²) in [6, 6.07) is 8.33. The molecule has 0 unspecified atom stereocenters. The van der Waals surface area contributed by atoms with E-state index in [-0.39, 0.29) is 6.04 Å². The second-order valence-electron chi connectivity index (χ2n) is 7.06. The molecule has 1 aromatic carbocycles. The van der Waals surface area contributed by atoms with Gasteiger partial charge in [-0.05, 0) is 74.7 Å². The molecule has 2 heterocycles. The number of hydrogen-bond acceptors (Lipinski definition) is 2. The zero-order valence-corrected chi connectivity index (χ0v) is 17.0. The van der Waals surface area contributed by atoms with Crippen molar-refractivity contribution >= 4 is 34.6 Å². The Labute approximate surface area is 165 Å². The predicted molar refractivity (Wildman–Crippen MR) is 111 cm³/mol. The minimum atomic E-state index is 0.264. The Morgan fingerprint density at radius 1 is 1.27 bits per heavy atom. The van der Waals surface area contributed by atoms with Gasteiger partial charge in [0.15, 0.2) is 16.9 Å². The molecule has 0 bridgehead atoms. The zero-order valence-electron chi connectivity index (χ0n) is 15.4. The average Bonchev–Trinajstić information content (AvgIpc) is 3.13. The maximum atomic E-state index is 6.38. The molecule has 0 amide bonds. The number of thiocarbonyl (C=S) groups is 1. The standard InChI is InChI=1S/C20H26ClN3OS/c1-14-11-15(2)19(16(21)12-14)23-20(26)22-13-17(18-7-6-10-25-18)24-8-4-3-5-9-24/h6-7,10-12,17H,3-5,8-9,13H2,1-2H3,(H2,22,23,26)/p+1/t17-/m0/s1. The highest BCUT2D eigenvalue weighted by molar-refractivity contribution is 7.80. The lowest BCUT2D eigenvalue weighted by molar-refractivity contribution is -0.936. The Kier molecular flexibility index (Phi) is 6.57. The predicted octanol–water partition coefficient (Wildman–Crippen LogP) is 3.65. The maximum Gasteiger partial charge on any atom is 0.171 e. The van der Waals surface area contributed by atoms with Crippen molar-refractivity contribution in [3.8, 4) is 0 Å². The number of furan rings is 1. The Hall–Kier alpha value is -1.56. The minimum Gasteiger partial charge on any atom is -0.463 e. The number of rotatable bonds is 5. The fourth-order valence-electron chi connectivity index (χ4n) is 3.72. The molecule has 0 radical (unpaired) electrons. The number of piperidine rings is 1. The molecule has 0 saturated carbocycles. The van der Waals surface area contributed by atoms with Crippen LogP contribution < -0.4 is 15.5 Å². The number of benzene rings is 1. The number of anilines is 1. The second kappa shape index (κ2) is 8.89. The SMILES string of the molecule is Cc1cc(C)c(NC(=S)NC[C@@H](c2ccco2)[NH+]2CCCCC2)c(Cl)c1. The normalized spacial score (nSPS) is 16.3. The summed E-state index contributed by atoms with van der Waals surface area (Å²) in [6.07, 6.45) is 5.62. The van der Waals surface area contributed by atoms with Crippen LogP contribution in [0, 0.1) is 13.8 Å². The van der Waals surface area contributed by atoms with E-state index in [0.29, 0.717) is 10.1 Å². The van der Waals surface area contributed by atoms with Crippen molar-refractivity contribution in [2.24, 2.45) is 0 Å². The van der Waals surface area contributed by atoms with Crippen molar-refractivity contribution < 1.29 is 9.32 Å². The van der Waals surface area contributed by atoms with Gasteiger partial charge in [0.2, 0.25) is 0 Å². The first kappa shape index (κ1) is 19.2. The molecule has 1 aromatic heterocycles. The highest BCUT2D eigenvalue weighted by Crippen LogP contribution is 2.27. The number of hydrogen-bond donors (Lipinski definition) is 3. The van der Waals surface area contributed by atoms with Gasteiger partial charge in [-0.25, -0.2) is 0 Å². The summed E-state index contributed by atoms with van der Waals surface area (Å²) in [5.41, 5.74) is 3.10. The van der Waals surface area contributed by atoms with E-state index in [2.05, 4.69) is 22.8 Å². The second-order valence-corrected chi connectivity index (χ2v) is 7.88. The summed E-state index contributed by atoms with van der Waals surface area (Å²) < 4.78 is 5.71.